The summed E-state index contributed by atoms with van der Waals surface area (Å²) < 4.78 is 4.51. The molecule has 2 N–H and O–H groups in total. The van der Waals surface area contributed by atoms with E-state index in [0.717, 1.165) is 0 Å². The summed E-state index contributed by atoms with van der Waals surface area (Å²) in [5.74, 6) is -0.744. The highest BCUT2D eigenvalue weighted by Crippen LogP contribution is 2.43. The van der Waals surface area contributed by atoms with Crippen molar-refractivity contribution >= 4 is 11.8 Å². The van der Waals surface area contributed by atoms with Gasteiger partial charge in [-0.05, 0) is 36.3 Å². The zero-order valence-corrected chi connectivity index (χ0v) is 13.1. The van der Waals surface area contributed by atoms with Crippen molar-refractivity contribution in [3.63, 3.8) is 0 Å². The monoisotopic (exact) mass is 311 g/mol. The van der Waals surface area contributed by atoms with Crippen molar-refractivity contribution in [3.05, 3.63) is 27.3 Å². The Morgan fingerprint density at radius 3 is 2.14 bits per heavy atom. The van der Waals surface area contributed by atoms with Crippen LogP contribution < -0.4 is 4.74 Å². The molecule has 0 atom stereocenters. The summed E-state index contributed by atoms with van der Waals surface area (Å²) in [7, 11) is 0. The largest absolute Gasteiger partial charge is 0.511 e. The molecule has 0 aliphatic carbocycles. The van der Waals surface area contributed by atoms with Gasteiger partial charge in [0, 0.05) is 5.56 Å². The van der Waals surface area contributed by atoms with Crippen LogP contribution in [0.3, 0.4) is 0 Å². The summed E-state index contributed by atoms with van der Waals surface area (Å²) in [5, 5.41) is 30.3. The van der Waals surface area contributed by atoms with Crippen molar-refractivity contribution in [2.75, 3.05) is 0 Å². The predicted molar refractivity (Wildman–Crippen MR) is 80.5 cm³/mol. The normalized spacial score (nSPS) is 11.0. The van der Waals surface area contributed by atoms with E-state index in [9.17, 15) is 20.0 Å². The van der Waals surface area contributed by atoms with Gasteiger partial charge in [-0.15, -0.1) is 0 Å². The van der Waals surface area contributed by atoms with Crippen molar-refractivity contribution < 1.29 is 24.7 Å². The molecule has 7 nitrogen and oxygen atoms in total. The number of hydrogen-bond acceptors (Lipinski definition) is 5. The Morgan fingerprint density at radius 1 is 1.23 bits per heavy atom. The van der Waals surface area contributed by atoms with Crippen molar-refractivity contribution in [3.8, 4) is 11.5 Å². The highest BCUT2D eigenvalue weighted by molar-refractivity contribution is 5.71. The molecule has 0 radical (unpaired) electrons. The Morgan fingerprint density at radius 2 is 1.73 bits per heavy atom. The Labute approximate surface area is 128 Å². The lowest BCUT2D eigenvalue weighted by Gasteiger charge is -2.15. The molecule has 1 aromatic rings. The fraction of sp³-hybridized carbons (Fsp3) is 0.533. The maximum atomic E-state index is 11.3. The zero-order chi connectivity index (χ0) is 17.0. The van der Waals surface area contributed by atoms with Gasteiger partial charge in [-0.2, -0.15) is 0 Å². The fourth-order valence-corrected chi connectivity index (χ4v) is 2.33. The van der Waals surface area contributed by atoms with Crippen LogP contribution >= 0.6 is 0 Å². The van der Waals surface area contributed by atoms with Crippen LogP contribution in [0, 0.1) is 22.0 Å². The van der Waals surface area contributed by atoms with Gasteiger partial charge < -0.3 is 14.9 Å². The summed E-state index contributed by atoms with van der Waals surface area (Å²) >= 11 is 0. The predicted octanol–water partition coefficient (Wildman–Crippen LogP) is 3.75. The summed E-state index contributed by atoms with van der Waals surface area (Å²) in [6.07, 6.45) is -0.849. The molecule has 0 aliphatic heterocycles. The number of phenolic OH excluding ortho intramolecular Hbond substituents is 1. The molecule has 1 rings (SSSR count). The molecule has 7 heteroatoms. The molecule has 0 saturated carbocycles. The molecule has 0 heterocycles. The number of phenols is 1. The Bertz CT molecular complexity index is 580. The van der Waals surface area contributed by atoms with Gasteiger partial charge in [0.05, 0.1) is 4.92 Å². The quantitative estimate of drug-likeness (QED) is 0.358. The Hall–Kier alpha value is -2.31. The van der Waals surface area contributed by atoms with E-state index in [2.05, 4.69) is 4.74 Å². The van der Waals surface area contributed by atoms with Gasteiger partial charge in [0.15, 0.2) is 5.75 Å². The van der Waals surface area contributed by atoms with E-state index in [1.54, 1.807) is 6.07 Å². The maximum absolute atomic E-state index is 11.3. The van der Waals surface area contributed by atoms with Crippen LogP contribution in [0.2, 0.25) is 0 Å². The van der Waals surface area contributed by atoms with E-state index in [0.29, 0.717) is 24.0 Å². The summed E-state index contributed by atoms with van der Waals surface area (Å²) in [5.41, 5.74) is 0.332. The first kappa shape index (κ1) is 17.7. The van der Waals surface area contributed by atoms with Crippen LogP contribution in [0.4, 0.5) is 10.5 Å². The maximum Gasteiger partial charge on any atom is 0.511 e. The summed E-state index contributed by atoms with van der Waals surface area (Å²) in [6.45, 7) is 7.66. The lowest BCUT2D eigenvalue weighted by Crippen LogP contribution is -2.10. The number of hydrogen-bond donors (Lipinski definition) is 2. The number of carbonyl (C=O) groups is 1. The second kappa shape index (κ2) is 7.11. The van der Waals surface area contributed by atoms with Crippen LogP contribution in [-0.2, 0) is 12.8 Å². The van der Waals surface area contributed by atoms with E-state index in [-0.39, 0.29) is 11.8 Å². The Kier molecular flexibility index (Phi) is 5.73. The second-order valence-corrected chi connectivity index (χ2v) is 6.04. The van der Waals surface area contributed by atoms with E-state index in [4.69, 9.17) is 5.11 Å². The molecule has 0 fully saturated rings. The molecule has 22 heavy (non-hydrogen) atoms. The summed E-state index contributed by atoms with van der Waals surface area (Å²) in [6, 6.07) is 1.57. The van der Waals surface area contributed by atoms with Crippen LogP contribution in [-0.4, -0.2) is 21.3 Å². The lowest BCUT2D eigenvalue weighted by atomic mass is 9.94. The number of rotatable bonds is 6. The van der Waals surface area contributed by atoms with Crippen LogP contribution in [0.5, 0.6) is 11.5 Å². The molecule has 0 saturated heterocycles. The van der Waals surface area contributed by atoms with Gasteiger partial charge in [0.2, 0.25) is 0 Å². The van der Waals surface area contributed by atoms with Crippen LogP contribution in [0.25, 0.3) is 0 Å². The molecule has 0 spiro atoms. The van der Waals surface area contributed by atoms with Gasteiger partial charge in [-0.1, -0.05) is 27.7 Å². The first-order chi connectivity index (χ1) is 10.1. The number of carboxylic acid groups (broad SMARTS) is 1. The first-order valence-corrected chi connectivity index (χ1v) is 7.06. The highest BCUT2D eigenvalue weighted by atomic mass is 16.7. The number of nitro groups is 1. The van der Waals surface area contributed by atoms with Gasteiger partial charge >= 0.3 is 11.8 Å². The molecule has 122 valence electrons. The average Bonchev–Trinajstić information content (AvgIpc) is 2.32. The average molecular weight is 311 g/mol. The summed E-state index contributed by atoms with van der Waals surface area (Å²) in [4.78, 5) is 21.4. The van der Waals surface area contributed by atoms with Crippen molar-refractivity contribution in [2.24, 2.45) is 11.8 Å². The van der Waals surface area contributed by atoms with Gasteiger partial charge in [-0.3, -0.25) is 10.1 Å². The zero-order valence-electron chi connectivity index (χ0n) is 13.1. The SMILES string of the molecule is CC(C)Cc1cc(CC(C)C)c([N+](=O)[O-])c(OC(=O)O)c1O. The topological polar surface area (TPSA) is 110 Å². The van der Waals surface area contributed by atoms with Crippen molar-refractivity contribution in [1.82, 2.24) is 0 Å². The minimum atomic E-state index is -1.70. The molecule has 1 aromatic carbocycles. The molecular formula is C15H21NO6. The van der Waals surface area contributed by atoms with E-state index < -0.39 is 28.3 Å². The van der Waals surface area contributed by atoms with E-state index in [1.807, 2.05) is 27.7 Å². The smallest absolute Gasteiger partial charge is 0.504 e. The van der Waals surface area contributed by atoms with Crippen molar-refractivity contribution in [2.45, 2.75) is 40.5 Å². The number of aromatic hydroxyl groups is 1. The molecule has 0 aromatic heterocycles. The number of ether oxygens (including phenoxy) is 1. The minimum absolute atomic E-state index is 0.132. The molecule has 0 amide bonds. The van der Waals surface area contributed by atoms with Crippen molar-refractivity contribution in [1.29, 1.82) is 0 Å². The van der Waals surface area contributed by atoms with Gasteiger partial charge in [0.1, 0.15) is 0 Å². The number of nitro benzene ring substituents is 1. The lowest BCUT2D eigenvalue weighted by molar-refractivity contribution is -0.386. The highest BCUT2D eigenvalue weighted by Gasteiger charge is 2.30. The third-order valence-corrected chi connectivity index (χ3v) is 3.02. The van der Waals surface area contributed by atoms with Crippen LogP contribution in [0.1, 0.15) is 38.8 Å². The Balaban J connectivity index is 3.58. The number of nitrogens with zero attached hydrogens (tertiary/aromatic N) is 1. The van der Waals surface area contributed by atoms with E-state index >= 15 is 0 Å². The molecule has 0 bridgehead atoms. The van der Waals surface area contributed by atoms with Crippen LogP contribution in [0.15, 0.2) is 6.07 Å². The molecule has 0 unspecified atom stereocenters. The standard InChI is InChI=1S/C15H21NO6/c1-8(2)5-10-7-11(6-9(3)4)13(17)14(22-15(18)19)12(10)16(20)21/h7-9,17H,5-6H2,1-4H3,(H,18,19). The number of benzene rings is 1. The fourth-order valence-electron chi connectivity index (χ4n) is 2.33. The second-order valence-electron chi connectivity index (χ2n) is 6.04. The van der Waals surface area contributed by atoms with E-state index in [1.165, 1.54) is 0 Å². The minimum Gasteiger partial charge on any atom is -0.504 e. The molecular weight excluding hydrogens is 290 g/mol. The third kappa shape index (κ3) is 4.34. The molecule has 0 aliphatic rings. The third-order valence-electron chi connectivity index (χ3n) is 3.02. The van der Waals surface area contributed by atoms with Gasteiger partial charge in [0.25, 0.3) is 5.75 Å². The van der Waals surface area contributed by atoms with Gasteiger partial charge in [-0.25, -0.2) is 4.79 Å². The first-order valence-electron chi connectivity index (χ1n) is 7.06.